The zero-order valence-electron chi connectivity index (χ0n) is 23.3. The number of alkyl halides is 1. The summed E-state index contributed by atoms with van der Waals surface area (Å²) in [6.45, 7) is 10.3. The summed E-state index contributed by atoms with van der Waals surface area (Å²) in [5, 5.41) is 15.2. The Morgan fingerprint density at radius 3 is 2.79 bits per heavy atom. The summed E-state index contributed by atoms with van der Waals surface area (Å²) in [5.41, 5.74) is 4.62. The maximum atomic E-state index is 14.0. The van der Waals surface area contributed by atoms with Gasteiger partial charge in [0, 0.05) is 48.9 Å². The minimum atomic E-state index is -0.820. The van der Waals surface area contributed by atoms with Gasteiger partial charge in [-0.2, -0.15) is 15.2 Å². The van der Waals surface area contributed by atoms with Crippen molar-refractivity contribution in [2.75, 3.05) is 42.6 Å². The van der Waals surface area contributed by atoms with E-state index >= 15 is 0 Å². The van der Waals surface area contributed by atoms with E-state index in [0.29, 0.717) is 38.4 Å². The van der Waals surface area contributed by atoms with E-state index in [9.17, 15) is 9.65 Å². The Hall–Kier alpha value is -3.44. The molecule has 7 nitrogen and oxygen atoms in total. The standard InChI is InChI=1S/C31H39FN6O/c1-4-24(32)17-21(2)20-39-31-35-27-19-37(28-10-6-9-23-8-5-7-22(3)29(23)28)15-12-26(27)30(36-31)38-16-14-34-25(18-38)11-13-33/h5-10,21,24-25,34H,4,11-12,14-20H2,1-3H3/t21-,24+,25+/m1/s1. The summed E-state index contributed by atoms with van der Waals surface area (Å²) in [6, 6.07) is 15.7. The van der Waals surface area contributed by atoms with Gasteiger partial charge in [-0.25, -0.2) is 4.39 Å². The lowest BCUT2D eigenvalue weighted by Gasteiger charge is -2.37. The molecular weight excluding hydrogens is 491 g/mol. The first-order valence-electron chi connectivity index (χ1n) is 14.2. The summed E-state index contributed by atoms with van der Waals surface area (Å²) >= 11 is 0. The van der Waals surface area contributed by atoms with Crippen molar-refractivity contribution in [1.82, 2.24) is 15.3 Å². The lowest BCUT2D eigenvalue weighted by molar-refractivity contribution is 0.192. The number of nitrogens with zero attached hydrogens (tertiary/aromatic N) is 5. The van der Waals surface area contributed by atoms with Gasteiger partial charge in [-0.15, -0.1) is 0 Å². The molecule has 0 unspecified atom stereocenters. The predicted molar refractivity (Wildman–Crippen MR) is 154 cm³/mol. The van der Waals surface area contributed by atoms with Gasteiger partial charge in [-0.3, -0.25) is 0 Å². The summed E-state index contributed by atoms with van der Waals surface area (Å²) in [5.74, 6) is 0.982. The minimum absolute atomic E-state index is 0.0670. The predicted octanol–water partition coefficient (Wildman–Crippen LogP) is 5.35. The van der Waals surface area contributed by atoms with Crippen LogP contribution in [0.1, 0.15) is 49.9 Å². The van der Waals surface area contributed by atoms with E-state index in [1.807, 2.05) is 13.8 Å². The highest BCUT2D eigenvalue weighted by molar-refractivity contribution is 5.97. The Labute approximate surface area is 231 Å². The van der Waals surface area contributed by atoms with E-state index in [1.165, 1.54) is 22.0 Å². The molecule has 2 aromatic carbocycles. The van der Waals surface area contributed by atoms with Gasteiger partial charge in [-0.05, 0) is 49.1 Å². The Balaban J connectivity index is 1.46. The summed E-state index contributed by atoms with van der Waals surface area (Å²) in [4.78, 5) is 14.5. The molecule has 3 atom stereocenters. The first kappa shape index (κ1) is 27.1. The monoisotopic (exact) mass is 530 g/mol. The first-order valence-corrected chi connectivity index (χ1v) is 14.2. The average Bonchev–Trinajstić information content (AvgIpc) is 2.95. The Bertz CT molecular complexity index is 1340. The van der Waals surface area contributed by atoms with Crippen molar-refractivity contribution in [2.45, 2.75) is 65.2 Å². The normalized spacial score (nSPS) is 18.9. The van der Waals surface area contributed by atoms with Gasteiger partial charge in [-0.1, -0.05) is 44.2 Å². The number of rotatable bonds is 9. The molecule has 39 heavy (non-hydrogen) atoms. The van der Waals surface area contributed by atoms with Crippen LogP contribution in [0.4, 0.5) is 15.9 Å². The molecule has 5 rings (SSSR count). The van der Waals surface area contributed by atoms with Crippen molar-refractivity contribution in [3.05, 3.63) is 53.2 Å². The molecular formula is C31H39FN6O. The van der Waals surface area contributed by atoms with Crippen molar-refractivity contribution in [3.8, 4) is 12.1 Å². The van der Waals surface area contributed by atoms with Crippen molar-refractivity contribution in [1.29, 1.82) is 5.26 Å². The molecule has 2 aliphatic rings. The largest absolute Gasteiger partial charge is 0.463 e. The molecule has 1 N–H and O–H groups in total. The fraction of sp³-hybridized carbons (Fsp3) is 0.516. The van der Waals surface area contributed by atoms with Crippen LogP contribution in [-0.4, -0.2) is 55.0 Å². The molecule has 0 aliphatic carbocycles. The smallest absolute Gasteiger partial charge is 0.318 e. The van der Waals surface area contributed by atoms with Crippen molar-refractivity contribution in [2.24, 2.45) is 5.92 Å². The Morgan fingerprint density at radius 1 is 1.18 bits per heavy atom. The van der Waals surface area contributed by atoms with Gasteiger partial charge in [0.1, 0.15) is 12.0 Å². The zero-order chi connectivity index (χ0) is 27.4. The Morgan fingerprint density at radius 2 is 2.00 bits per heavy atom. The van der Waals surface area contributed by atoms with Crippen LogP contribution in [0.2, 0.25) is 0 Å². The number of hydrogen-bond donors (Lipinski definition) is 1. The highest BCUT2D eigenvalue weighted by Crippen LogP contribution is 2.35. The molecule has 0 saturated carbocycles. The van der Waals surface area contributed by atoms with Crippen LogP contribution in [0.3, 0.4) is 0 Å². The van der Waals surface area contributed by atoms with Gasteiger partial charge in [0.25, 0.3) is 0 Å². The van der Waals surface area contributed by atoms with Gasteiger partial charge in [0.05, 0.1) is 31.3 Å². The van der Waals surface area contributed by atoms with Crippen molar-refractivity contribution < 1.29 is 9.13 Å². The average molecular weight is 531 g/mol. The summed E-state index contributed by atoms with van der Waals surface area (Å²) in [7, 11) is 0. The van der Waals surface area contributed by atoms with E-state index in [4.69, 9.17) is 14.7 Å². The number of benzene rings is 2. The van der Waals surface area contributed by atoms with E-state index in [2.05, 4.69) is 64.5 Å². The molecule has 8 heteroatoms. The summed E-state index contributed by atoms with van der Waals surface area (Å²) < 4.78 is 20.1. The lowest BCUT2D eigenvalue weighted by atomic mass is 9.99. The Kier molecular flexibility index (Phi) is 8.47. The number of anilines is 2. The molecule has 0 amide bonds. The van der Waals surface area contributed by atoms with Crippen LogP contribution < -0.4 is 19.9 Å². The molecule has 3 aromatic rings. The molecule has 3 heterocycles. The number of fused-ring (bicyclic) bond motifs is 2. The van der Waals surface area contributed by atoms with Crippen LogP contribution in [-0.2, 0) is 13.0 Å². The second kappa shape index (κ2) is 12.2. The SMILES string of the molecule is CC[C@H](F)C[C@@H](C)COc1nc2c(c(N3CCN[C@@H](CC#N)C3)n1)CCN(c1cccc3cccc(C)c13)C2. The number of hydrogen-bond acceptors (Lipinski definition) is 7. The highest BCUT2D eigenvalue weighted by Gasteiger charge is 2.29. The lowest BCUT2D eigenvalue weighted by Crippen LogP contribution is -2.51. The molecule has 206 valence electrons. The topological polar surface area (TPSA) is 77.3 Å². The minimum Gasteiger partial charge on any atom is -0.463 e. The summed E-state index contributed by atoms with van der Waals surface area (Å²) in [6.07, 6.45) is 1.45. The number of piperazine rings is 1. The van der Waals surface area contributed by atoms with Crippen molar-refractivity contribution >= 4 is 22.3 Å². The number of aryl methyl sites for hydroxylation is 1. The zero-order valence-corrected chi connectivity index (χ0v) is 23.3. The number of ether oxygens (including phenoxy) is 1. The second-order valence-corrected chi connectivity index (χ2v) is 11.0. The highest BCUT2D eigenvalue weighted by atomic mass is 19.1. The van der Waals surface area contributed by atoms with Crippen LogP contribution in [0.15, 0.2) is 36.4 Å². The molecule has 2 aliphatic heterocycles. The number of halogens is 1. The third-order valence-corrected chi connectivity index (χ3v) is 7.95. The maximum absolute atomic E-state index is 14.0. The fourth-order valence-corrected chi connectivity index (χ4v) is 5.84. The van der Waals surface area contributed by atoms with E-state index in [-0.39, 0.29) is 12.0 Å². The van der Waals surface area contributed by atoms with Crippen LogP contribution in [0.25, 0.3) is 10.8 Å². The van der Waals surface area contributed by atoms with Gasteiger partial charge < -0.3 is 19.9 Å². The third kappa shape index (κ3) is 6.09. The number of nitrogens with one attached hydrogen (secondary N) is 1. The van der Waals surface area contributed by atoms with E-state index in [0.717, 1.165) is 49.7 Å². The van der Waals surface area contributed by atoms with Gasteiger partial charge >= 0.3 is 6.01 Å². The quantitative estimate of drug-likeness (QED) is 0.400. The molecule has 0 bridgehead atoms. The molecule has 0 radical (unpaired) electrons. The molecule has 0 spiro atoms. The van der Waals surface area contributed by atoms with E-state index < -0.39 is 6.17 Å². The van der Waals surface area contributed by atoms with Crippen LogP contribution in [0, 0.1) is 24.2 Å². The van der Waals surface area contributed by atoms with E-state index in [1.54, 1.807) is 0 Å². The van der Waals surface area contributed by atoms with Crippen LogP contribution >= 0.6 is 0 Å². The number of nitriles is 1. The molecule has 1 aromatic heterocycles. The van der Waals surface area contributed by atoms with Gasteiger partial charge in [0.15, 0.2) is 0 Å². The molecule has 1 saturated heterocycles. The van der Waals surface area contributed by atoms with Crippen LogP contribution in [0.5, 0.6) is 6.01 Å². The second-order valence-electron chi connectivity index (χ2n) is 11.0. The molecule has 1 fully saturated rings. The third-order valence-electron chi connectivity index (χ3n) is 7.95. The maximum Gasteiger partial charge on any atom is 0.318 e. The van der Waals surface area contributed by atoms with Gasteiger partial charge in [0.2, 0.25) is 0 Å². The first-order chi connectivity index (χ1) is 19.0. The fourth-order valence-electron chi connectivity index (χ4n) is 5.84. The van der Waals surface area contributed by atoms with Crippen molar-refractivity contribution in [3.63, 3.8) is 0 Å². The number of aromatic nitrogens is 2.